The van der Waals surface area contributed by atoms with Crippen molar-refractivity contribution in [3.8, 4) is 0 Å². The quantitative estimate of drug-likeness (QED) is 0.801. The summed E-state index contributed by atoms with van der Waals surface area (Å²) in [5.74, 6) is 0.0949. The first-order valence-corrected chi connectivity index (χ1v) is 9.05. The standard InChI is InChI=1S/C17H15ClN2O2S2/c18-14-8-6-13(7-9-14)17(22)11-24-16(23)20(17)19-15(21)10-12-4-2-1-3-5-12/h1-9,22H,10-11H2,(H,19,21). The van der Waals surface area contributed by atoms with E-state index in [1.54, 1.807) is 24.3 Å². The zero-order valence-electron chi connectivity index (χ0n) is 12.6. The largest absolute Gasteiger partial charge is 0.365 e. The Morgan fingerprint density at radius 1 is 1.25 bits per heavy atom. The number of amides is 1. The van der Waals surface area contributed by atoms with Gasteiger partial charge < -0.3 is 5.11 Å². The molecule has 0 bridgehead atoms. The summed E-state index contributed by atoms with van der Waals surface area (Å²) in [5.41, 5.74) is 2.86. The minimum absolute atomic E-state index is 0.210. The van der Waals surface area contributed by atoms with E-state index in [0.29, 0.717) is 20.7 Å². The lowest BCUT2D eigenvalue weighted by atomic mass is 10.0. The van der Waals surface area contributed by atoms with Gasteiger partial charge in [0.15, 0.2) is 10.0 Å². The third-order valence-electron chi connectivity index (χ3n) is 3.70. The van der Waals surface area contributed by atoms with Crippen molar-refractivity contribution < 1.29 is 9.90 Å². The van der Waals surface area contributed by atoms with Crippen LogP contribution in [-0.4, -0.2) is 26.1 Å². The predicted octanol–water partition coefficient (Wildman–Crippen LogP) is 3.09. The van der Waals surface area contributed by atoms with E-state index >= 15 is 0 Å². The molecule has 0 radical (unpaired) electrons. The monoisotopic (exact) mass is 378 g/mol. The van der Waals surface area contributed by atoms with Crippen molar-refractivity contribution >= 4 is 45.8 Å². The van der Waals surface area contributed by atoms with Crippen molar-refractivity contribution in [2.75, 3.05) is 5.75 Å². The van der Waals surface area contributed by atoms with Crippen LogP contribution in [0.15, 0.2) is 54.6 Å². The molecule has 2 aromatic rings. The van der Waals surface area contributed by atoms with E-state index in [4.69, 9.17) is 23.8 Å². The average molecular weight is 379 g/mol. The molecule has 2 aromatic carbocycles. The van der Waals surface area contributed by atoms with Crippen LogP contribution in [0.25, 0.3) is 0 Å². The van der Waals surface area contributed by atoms with E-state index < -0.39 is 5.72 Å². The Labute approximate surface area is 154 Å². The second-order valence-electron chi connectivity index (χ2n) is 5.41. The van der Waals surface area contributed by atoms with Gasteiger partial charge in [-0.1, -0.05) is 78.0 Å². The highest BCUT2D eigenvalue weighted by molar-refractivity contribution is 8.23. The van der Waals surface area contributed by atoms with Gasteiger partial charge in [-0.3, -0.25) is 10.2 Å². The fourth-order valence-corrected chi connectivity index (χ4v) is 3.90. The van der Waals surface area contributed by atoms with E-state index in [2.05, 4.69) is 5.43 Å². The molecule has 24 heavy (non-hydrogen) atoms. The van der Waals surface area contributed by atoms with Gasteiger partial charge in [0.25, 0.3) is 0 Å². The molecule has 2 N–H and O–H groups in total. The van der Waals surface area contributed by atoms with Crippen molar-refractivity contribution in [1.29, 1.82) is 0 Å². The van der Waals surface area contributed by atoms with Crippen LogP contribution in [0, 0.1) is 0 Å². The molecule has 1 aliphatic rings. The number of nitrogens with one attached hydrogen (secondary N) is 1. The van der Waals surface area contributed by atoms with E-state index in [9.17, 15) is 9.90 Å². The summed E-state index contributed by atoms with van der Waals surface area (Å²) < 4.78 is 0.425. The Kier molecular flexibility index (Phi) is 5.10. The van der Waals surface area contributed by atoms with Crippen LogP contribution in [0.5, 0.6) is 0 Å². The van der Waals surface area contributed by atoms with E-state index in [1.807, 2.05) is 30.3 Å². The summed E-state index contributed by atoms with van der Waals surface area (Å²) in [6, 6.07) is 16.3. The van der Waals surface area contributed by atoms with Gasteiger partial charge >= 0.3 is 0 Å². The topological polar surface area (TPSA) is 52.6 Å². The van der Waals surface area contributed by atoms with Crippen LogP contribution < -0.4 is 5.43 Å². The maximum Gasteiger partial charge on any atom is 0.243 e. The van der Waals surface area contributed by atoms with Gasteiger partial charge in [0.2, 0.25) is 5.91 Å². The highest BCUT2D eigenvalue weighted by Gasteiger charge is 2.45. The number of hydrazine groups is 1. The number of halogens is 1. The highest BCUT2D eigenvalue weighted by Crippen LogP contribution is 2.38. The zero-order valence-corrected chi connectivity index (χ0v) is 15.0. The molecular formula is C17H15ClN2O2S2. The first-order chi connectivity index (χ1) is 11.5. The third-order valence-corrected chi connectivity index (χ3v) is 5.46. The minimum atomic E-state index is -1.39. The Morgan fingerprint density at radius 3 is 2.58 bits per heavy atom. The van der Waals surface area contributed by atoms with Gasteiger partial charge in [0.1, 0.15) is 0 Å². The Balaban J connectivity index is 1.78. The van der Waals surface area contributed by atoms with Crippen molar-refractivity contribution in [3.05, 3.63) is 70.7 Å². The number of carbonyl (C=O) groups is 1. The lowest BCUT2D eigenvalue weighted by Gasteiger charge is -2.34. The molecule has 1 fully saturated rings. The number of hydrogen-bond donors (Lipinski definition) is 2. The maximum atomic E-state index is 12.3. The molecule has 1 amide bonds. The number of aliphatic hydroxyl groups is 1. The number of nitrogens with zero attached hydrogens (tertiary/aromatic N) is 1. The Hall–Kier alpha value is -1.60. The number of carbonyl (C=O) groups excluding carboxylic acids is 1. The summed E-state index contributed by atoms with van der Waals surface area (Å²) in [4.78, 5) is 12.3. The molecule has 0 saturated carbocycles. The molecular weight excluding hydrogens is 364 g/mol. The van der Waals surface area contributed by atoms with Crippen LogP contribution >= 0.6 is 35.6 Å². The van der Waals surface area contributed by atoms with Crippen LogP contribution in [-0.2, 0) is 16.9 Å². The smallest absolute Gasteiger partial charge is 0.243 e. The molecule has 0 spiro atoms. The third kappa shape index (κ3) is 3.57. The second kappa shape index (κ2) is 7.11. The van der Waals surface area contributed by atoms with Gasteiger partial charge in [0, 0.05) is 10.6 Å². The molecule has 1 atom stereocenters. The maximum absolute atomic E-state index is 12.3. The van der Waals surface area contributed by atoms with Crippen LogP contribution in [0.1, 0.15) is 11.1 Å². The van der Waals surface area contributed by atoms with Crippen LogP contribution in [0.2, 0.25) is 5.02 Å². The van der Waals surface area contributed by atoms with E-state index in [1.165, 1.54) is 16.8 Å². The molecule has 4 nitrogen and oxygen atoms in total. The highest BCUT2D eigenvalue weighted by atomic mass is 35.5. The summed E-state index contributed by atoms with van der Waals surface area (Å²) in [7, 11) is 0. The molecule has 7 heteroatoms. The van der Waals surface area contributed by atoms with Gasteiger partial charge in [-0.15, -0.1) is 0 Å². The van der Waals surface area contributed by atoms with Crippen molar-refractivity contribution in [2.24, 2.45) is 0 Å². The predicted molar refractivity (Wildman–Crippen MR) is 101 cm³/mol. The van der Waals surface area contributed by atoms with Gasteiger partial charge in [-0.25, -0.2) is 5.01 Å². The number of thioether (sulfide) groups is 1. The fourth-order valence-electron chi connectivity index (χ4n) is 2.46. The summed E-state index contributed by atoms with van der Waals surface area (Å²) in [6.45, 7) is 0. The summed E-state index contributed by atoms with van der Waals surface area (Å²) >= 11 is 12.5. The molecule has 1 aliphatic heterocycles. The van der Waals surface area contributed by atoms with E-state index in [0.717, 1.165) is 5.56 Å². The second-order valence-corrected chi connectivity index (χ2v) is 7.46. The average Bonchev–Trinajstić information content (AvgIpc) is 2.86. The van der Waals surface area contributed by atoms with Crippen molar-refractivity contribution in [2.45, 2.75) is 12.1 Å². The fraction of sp³-hybridized carbons (Fsp3) is 0.176. The van der Waals surface area contributed by atoms with Crippen molar-refractivity contribution in [1.82, 2.24) is 10.4 Å². The molecule has 1 heterocycles. The first kappa shape index (κ1) is 17.2. The number of thiocarbonyl (C=S) groups is 1. The first-order valence-electron chi connectivity index (χ1n) is 7.28. The Morgan fingerprint density at radius 2 is 1.92 bits per heavy atom. The molecule has 124 valence electrons. The number of benzene rings is 2. The minimum Gasteiger partial charge on any atom is -0.365 e. The normalized spacial score (nSPS) is 20.2. The summed E-state index contributed by atoms with van der Waals surface area (Å²) in [6.07, 6.45) is 0.210. The van der Waals surface area contributed by atoms with Crippen LogP contribution in [0.4, 0.5) is 0 Å². The van der Waals surface area contributed by atoms with Gasteiger partial charge in [0.05, 0.1) is 12.2 Å². The zero-order chi connectivity index (χ0) is 17.2. The lowest BCUT2D eigenvalue weighted by Crippen LogP contribution is -2.54. The molecule has 1 saturated heterocycles. The molecule has 0 aromatic heterocycles. The van der Waals surface area contributed by atoms with E-state index in [-0.39, 0.29) is 12.3 Å². The molecule has 0 aliphatic carbocycles. The SMILES string of the molecule is O=C(Cc1ccccc1)NN1C(=S)SCC1(O)c1ccc(Cl)cc1. The van der Waals surface area contributed by atoms with Crippen molar-refractivity contribution in [3.63, 3.8) is 0 Å². The number of rotatable bonds is 4. The lowest BCUT2D eigenvalue weighted by molar-refractivity contribution is -0.134. The molecule has 3 rings (SSSR count). The Bertz CT molecular complexity index is 755. The number of hydrogen-bond acceptors (Lipinski definition) is 4. The van der Waals surface area contributed by atoms with Gasteiger partial charge in [-0.2, -0.15) is 0 Å². The molecule has 1 unspecified atom stereocenters. The van der Waals surface area contributed by atoms with Crippen LogP contribution in [0.3, 0.4) is 0 Å². The summed E-state index contributed by atoms with van der Waals surface area (Å²) in [5, 5.41) is 13.0. The van der Waals surface area contributed by atoms with Gasteiger partial charge in [-0.05, 0) is 17.7 Å².